The molecule has 0 heterocycles. The number of carbonyl (C=O) groups excluding carboxylic acids is 2. The predicted molar refractivity (Wildman–Crippen MR) is 98.5 cm³/mol. The molecule has 0 aliphatic heterocycles. The van der Waals surface area contributed by atoms with Crippen LogP contribution in [0.5, 0.6) is 0 Å². The molecule has 0 aromatic heterocycles. The van der Waals surface area contributed by atoms with Crippen LogP contribution in [0, 0.1) is 0 Å². The number of ether oxygens (including phenoxy) is 3. The summed E-state index contributed by atoms with van der Waals surface area (Å²) in [6.07, 6.45) is 0.0460. The third kappa shape index (κ3) is 10.6. The third-order valence-corrected chi connectivity index (χ3v) is 6.78. The van der Waals surface area contributed by atoms with Crippen molar-refractivity contribution < 1.29 is 28.4 Å². The maximum Gasteiger partial charge on any atom is 0.414 e. The highest BCUT2D eigenvalue weighted by Gasteiger charge is 2.35. The van der Waals surface area contributed by atoms with Crippen LogP contribution in [0.1, 0.15) is 54.9 Å². The van der Waals surface area contributed by atoms with Crippen molar-refractivity contribution in [1.82, 2.24) is 5.32 Å². The molecule has 0 spiro atoms. The fourth-order valence-electron chi connectivity index (χ4n) is 2.40. The molecule has 0 aromatic carbocycles. The first-order valence-corrected chi connectivity index (χ1v) is 11.0. The second-order valence-corrected chi connectivity index (χ2v) is 10.6. The van der Waals surface area contributed by atoms with E-state index in [1.807, 2.05) is 20.8 Å². The number of imide groups is 1. The summed E-state index contributed by atoms with van der Waals surface area (Å²) in [6, 6.07) is 0. The Morgan fingerprint density at radius 1 is 1.00 bits per heavy atom. The fourth-order valence-corrected chi connectivity index (χ4v) is 4.94. The minimum absolute atomic E-state index is 0.0152. The van der Waals surface area contributed by atoms with Crippen LogP contribution in [0.2, 0.25) is 0 Å². The van der Waals surface area contributed by atoms with Gasteiger partial charge in [-0.2, -0.15) is 0 Å². The van der Waals surface area contributed by atoms with Crippen molar-refractivity contribution >= 4 is 19.1 Å². The summed E-state index contributed by atoms with van der Waals surface area (Å²) in [6.45, 7) is 13.3. The lowest BCUT2D eigenvalue weighted by molar-refractivity contribution is -0.205. The molecule has 0 rings (SSSR count). The molecule has 8 heteroatoms. The van der Waals surface area contributed by atoms with E-state index in [9.17, 15) is 14.2 Å². The van der Waals surface area contributed by atoms with Gasteiger partial charge in [0.2, 0.25) is 5.91 Å². The number of nitrogens with one attached hydrogen (secondary N) is 1. The van der Waals surface area contributed by atoms with Gasteiger partial charge in [0.1, 0.15) is 5.60 Å². The molecular formula is C17H34NO6P. The SMILES string of the molecule is CCOC(C)(CP(=O)(CC)CCC(=O)NC(=O)OC(C)(C)C)OCC. The van der Waals surface area contributed by atoms with Gasteiger partial charge in [0.25, 0.3) is 0 Å². The highest BCUT2D eigenvalue weighted by atomic mass is 31.2. The lowest BCUT2D eigenvalue weighted by Crippen LogP contribution is -2.38. The Labute approximate surface area is 151 Å². The summed E-state index contributed by atoms with van der Waals surface area (Å²) in [5.41, 5.74) is -0.681. The second kappa shape index (κ2) is 10.3. The van der Waals surface area contributed by atoms with Crippen molar-refractivity contribution in [3.8, 4) is 0 Å². The van der Waals surface area contributed by atoms with Crippen molar-refractivity contribution in [2.24, 2.45) is 0 Å². The number of hydrogen-bond acceptors (Lipinski definition) is 6. The standard InChI is InChI=1S/C17H34NO6P/c1-8-22-17(7,23-9-2)13-25(21,10-3)12-11-14(19)18-15(20)24-16(4,5)6/h8-13H2,1-7H3,(H,18,19,20). The number of hydrogen-bond donors (Lipinski definition) is 1. The summed E-state index contributed by atoms with van der Waals surface area (Å²) in [4.78, 5) is 23.5. The molecule has 0 saturated heterocycles. The van der Waals surface area contributed by atoms with E-state index < -0.39 is 30.5 Å². The predicted octanol–water partition coefficient (Wildman–Crippen LogP) is 3.60. The molecule has 0 aliphatic carbocycles. The lowest BCUT2D eigenvalue weighted by atomic mass is 10.2. The molecule has 2 amide bonds. The summed E-state index contributed by atoms with van der Waals surface area (Å²) in [7, 11) is -2.68. The molecule has 0 radical (unpaired) electrons. The van der Waals surface area contributed by atoms with Crippen LogP contribution in [0.4, 0.5) is 4.79 Å². The van der Waals surface area contributed by atoms with Crippen LogP contribution < -0.4 is 5.32 Å². The summed E-state index contributed by atoms with van der Waals surface area (Å²) >= 11 is 0. The zero-order chi connectivity index (χ0) is 19.7. The van der Waals surface area contributed by atoms with Crippen molar-refractivity contribution in [3.05, 3.63) is 0 Å². The molecule has 148 valence electrons. The average Bonchev–Trinajstić information content (AvgIpc) is 2.43. The van der Waals surface area contributed by atoms with E-state index in [4.69, 9.17) is 14.2 Å². The summed E-state index contributed by atoms with van der Waals surface area (Å²) in [5, 5.41) is 2.16. The first-order chi connectivity index (χ1) is 11.4. The minimum Gasteiger partial charge on any atom is -0.444 e. The maximum absolute atomic E-state index is 13.1. The van der Waals surface area contributed by atoms with E-state index in [0.29, 0.717) is 19.4 Å². The Hall–Kier alpha value is -0.910. The smallest absolute Gasteiger partial charge is 0.414 e. The van der Waals surface area contributed by atoms with E-state index in [-0.39, 0.29) is 18.7 Å². The van der Waals surface area contributed by atoms with Crippen LogP contribution in [0.3, 0.4) is 0 Å². The molecule has 0 bridgehead atoms. The molecule has 25 heavy (non-hydrogen) atoms. The Kier molecular flexibility index (Phi) is 9.92. The van der Waals surface area contributed by atoms with Crippen molar-refractivity contribution in [2.45, 2.75) is 66.3 Å². The van der Waals surface area contributed by atoms with Gasteiger partial charge in [-0.05, 0) is 47.7 Å². The van der Waals surface area contributed by atoms with Crippen molar-refractivity contribution in [2.75, 3.05) is 31.7 Å². The maximum atomic E-state index is 13.1. The normalized spacial score (nSPS) is 14.7. The number of alkyl carbamates (subject to hydrolysis) is 1. The largest absolute Gasteiger partial charge is 0.444 e. The minimum atomic E-state index is -2.68. The highest BCUT2D eigenvalue weighted by molar-refractivity contribution is 7.64. The fraction of sp³-hybridized carbons (Fsp3) is 0.882. The van der Waals surface area contributed by atoms with Gasteiger partial charge in [-0.3, -0.25) is 10.1 Å². The second-order valence-electron chi connectivity index (χ2n) is 7.06. The van der Waals surface area contributed by atoms with Crippen molar-refractivity contribution in [1.29, 1.82) is 0 Å². The van der Waals surface area contributed by atoms with Gasteiger partial charge in [0.15, 0.2) is 5.79 Å². The third-order valence-electron chi connectivity index (χ3n) is 3.44. The van der Waals surface area contributed by atoms with Gasteiger partial charge in [-0.25, -0.2) is 4.79 Å². The zero-order valence-electron chi connectivity index (χ0n) is 16.6. The summed E-state index contributed by atoms with van der Waals surface area (Å²) < 4.78 is 29.4. The topological polar surface area (TPSA) is 90.9 Å². The van der Waals surface area contributed by atoms with Gasteiger partial charge >= 0.3 is 6.09 Å². The van der Waals surface area contributed by atoms with Gasteiger partial charge in [0.05, 0.1) is 13.3 Å². The molecule has 0 aliphatic rings. The molecule has 1 N–H and O–H groups in total. The lowest BCUT2D eigenvalue weighted by Gasteiger charge is -2.32. The number of rotatable bonds is 10. The molecule has 0 saturated carbocycles. The molecule has 1 atom stereocenters. The molecule has 0 aromatic rings. The van der Waals surface area contributed by atoms with E-state index in [2.05, 4.69) is 5.32 Å². The number of carbonyl (C=O) groups is 2. The van der Waals surface area contributed by atoms with Crippen LogP contribution >= 0.6 is 7.14 Å². The molecular weight excluding hydrogens is 345 g/mol. The first kappa shape index (κ1) is 24.1. The molecule has 0 fully saturated rings. The van der Waals surface area contributed by atoms with Crippen LogP contribution in [0.15, 0.2) is 0 Å². The molecule has 7 nitrogen and oxygen atoms in total. The quantitative estimate of drug-likeness (QED) is 0.461. The van der Waals surface area contributed by atoms with Gasteiger partial charge in [-0.15, -0.1) is 0 Å². The van der Waals surface area contributed by atoms with E-state index in [1.165, 1.54) is 0 Å². The molecule has 1 unspecified atom stereocenters. The van der Waals surface area contributed by atoms with Crippen LogP contribution in [0.25, 0.3) is 0 Å². The van der Waals surface area contributed by atoms with Gasteiger partial charge in [-0.1, -0.05) is 6.92 Å². The van der Waals surface area contributed by atoms with Crippen LogP contribution in [-0.2, 0) is 23.6 Å². The summed E-state index contributed by atoms with van der Waals surface area (Å²) in [5.74, 6) is -1.44. The van der Waals surface area contributed by atoms with E-state index in [1.54, 1.807) is 27.7 Å². The van der Waals surface area contributed by atoms with E-state index >= 15 is 0 Å². The average molecular weight is 379 g/mol. The Bertz CT molecular complexity index is 480. The monoisotopic (exact) mass is 379 g/mol. The Morgan fingerprint density at radius 3 is 1.92 bits per heavy atom. The number of amides is 2. The van der Waals surface area contributed by atoms with Crippen molar-refractivity contribution in [3.63, 3.8) is 0 Å². The Balaban J connectivity index is 4.72. The van der Waals surface area contributed by atoms with Crippen LogP contribution in [-0.4, -0.2) is 55.1 Å². The first-order valence-electron chi connectivity index (χ1n) is 8.76. The van der Waals surface area contributed by atoms with E-state index in [0.717, 1.165) is 0 Å². The zero-order valence-corrected chi connectivity index (χ0v) is 17.5. The Morgan fingerprint density at radius 2 is 1.52 bits per heavy atom. The highest BCUT2D eigenvalue weighted by Crippen LogP contribution is 2.49. The van der Waals surface area contributed by atoms with Gasteiger partial charge < -0.3 is 18.8 Å². The van der Waals surface area contributed by atoms with Gasteiger partial charge in [0, 0.05) is 25.8 Å².